The Kier molecular flexibility index (Phi) is 3.53. The molecule has 1 aromatic carbocycles. The molecule has 0 spiro atoms. The van der Waals surface area contributed by atoms with E-state index in [1.807, 2.05) is 13.0 Å². The highest BCUT2D eigenvalue weighted by molar-refractivity contribution is 5.53. The number of nitriles is 1. The van der Waals surface area contributed by atoms with Crippen LogP contribution in [0.5, 0.6) is 17.4 Å². The molecule has 19 heavy (non-hydrogen) atoms. The Morgan fingerprint density at radius 1 is 1.21 bits per heavy atom. The summed E-state index contributed by atoms with van der Waals surface area (Å²) in [6.45, 7) is 1.83. The zero-order valence-corrected chi connectivity index (χ0v) is 10.7. The van der Waals surface area contributed by atoms with Gasteiger partial charge in [-0.05, 0) is 31.2 Å². The molecule has 2 rings (SSSR count). The lowest BCUT2D eigenvalue weighted by molar-refractivity contribution is 0.373. The summed E-state index contributed by atoms with van der Waals surface area (Å²) in [5, 5.41) is 9.04. The van der Waals surface area contributed by atoms with Gasteiger partial charge in [-0.25, -0.2) is 4.98 Å². The average Bonchev–Trinajstić information content (AvgIpc) is 2.41. The molecule has 5 heteroatoms. The zero-order valence-electron chi connectivity index (χ0n) is 10.7. The number of benzene rings is 1. The third kappa shape index (κ3) is 2.75. The summed E-state index contributed by atoms with van der Waals surface area (Å²) in [5.74, 6) is 1.21. The van der Waals surface area contributed by atoms with Crippen LogP contribution in [0.2, 0.25) is 0 Å². The molecule has 96 valence electrons. The number of aryl methyl sites for hydroxylation is 1. The fraction of sp³-hybridized carbons (Fsp3) is 0.143. The monoisotopic (exact) mass is 255 g/mol. The molecule has 0 aliphatic rings. The van der Waals surface area contributed by atoms with E-state index >= 15 is 0 Å². The van der Waals surface area contributed by atoms with E-state index in [1.54, 1.807) is 30.3 Å². The SMILES string of the molecule is COc1cc(N)ccc1Oc1nc(C)ccc1C#N. The molecule has 0 aliphatic heterocycles. The number of hydrogen-bond acceptors (Lipinski definition) is 5. The lowest BCUT2D eigenvalue weighted by atomic mass is 10.2. The van der Waals surface area contributed by atoms with Crippen LogP contribution in [0.15, 0.2) is 30.3 Å². The van der Waals surface area contributed by atoms with Gasteiger partial charge in [-0.1, -0.05) is 0 Å². The molecular weight excluding hydrogens is 242 g/mol. The van der Waals surface area contributed by atoms with Gasteiger partial charge in [-0.2, -0.15) is 5.26 Å². The van der Waals surface area contributed by atoms with E-state index in [0.29, 0.717) is 22.7 Å². The predicted octanol–water partition coefficient (Wildman–Crippen LogP) is 2.64. The van der Waals surface area contributed by atoms with Crippen LogP contribution >= 0.6 is 0 Å². The summed E-state index contributed by atoms with van der Waals surface area (Å²) < 4.78 is 10.8. The molecule has 0 atom stereocenters. The van der Waals surface area contributed by atoms with Crippen molar-refractivity contribution in [3.63, 3.8) is 0 Å². The van der Waals surface area contributed by atoms with E-state index in [2.05, 4.69) is 4.98 Å². The molecule has 0 amide bonds. The van der Waals surface area contributed by atoms with Crippen molar-refractivity contribution < 1.29 is 9.47 Å². The van der Waals surface area contributed by atoms with Gasteiger partial charge in [0.15, 0.2) is 11.5 Å². The van der Waals surface area contributed by atoms with Crippen molar-refractivity contribution in [1.29, 1.82) is 5.26 Å². The Hall–Kier alpha value is -2.74. The summed E-state index contributed by atoms with van der Waals surface area (Å²) in [6, 6.07) is 10.5. The van der Waals surface area contributed by atoms with Gasteiger partial charge in [0.05, 0.1) is 7.11 Å². The van der Waals surface area contributed by atoms with Crippen LogP contribution in [-0.2, 0) is 0 Å². The van der Waals surface area contributed by atoms with E-state index in [-0.39, 0.29) is 5.88 Å². The van der Waals surface area contributed by atoms with Gasteiger partial charge in [0.25, 0.3) is 0 Å². The molecule has 5 nitrogen and oxygen atoms in total. The summed E-state index contributed by atoms with van der Waals surface area (Å²) in [6.07, 6.45) is 0. The summed E-state index contributed by atoms with van der Waals surface area (Å²) in [5.41, 5.74) is 7.38. The highest BCUT2D eigenvalue weighted by atomic mass is 16.5. The molecule has 0 aliphatic carbocycles. The highest BCUT2D eigenvalue weighted by Gasteiger charge is 2.11. The smallest absolute Gasteiger partial charge is 0.237 e. The van der Waals surface area contributed by atoms with Gasteiger partial charge in [0.1, 0.15) is 11.6 Å². The van der Waals surface area contributed by atoms with Crippen molar-refractivity contribution in [2.45, 2.75) is 6.92 Å². The van der Waals surface area contributed by atoms with Gasteiger partial charge >= 0.3 is 0 Å². The van der Waals surface area contributed by atoms with Crippen LogP contribution in [0, 0.1) is 18.3 Å². The molecule has 2 aromatic rings. The number of rotatable bonds is 3. The molecule has 0 unspecified atom stereocenters. The zero-order chi connectivity index (χ0) is 13.8. The summed E-state index contributed by atoms with van der Waals surface area (Å²) in [4.78, 5) is 4.21. The number of ether oxygens (including phenoxy) is 2. The van der Waals surface area contributed by atoms with E-state index in [1.165, 1.54) is 7.11 Å². The lowest BCUT2D eigenvalue weighted by Crippen LogP contribution is -1.97. The second kappa shape index (κ2) is 5.27. The minimum absolute atomic E-state index is 0.255. The number of hydrogen-bond donors (Lipinski definition) is 1. The number of pyridine rings is 1. The van der Waals surface area contributed by atoms with E-state index < -0.39 is 0 Å². The molecule has 1 aromatic heterocycles. The standard InChI is InChI=1S/C14H13N3O2/c1-9-3-4-10(8-15)14(17-9)19-12-6-5-11(16)7-13(12)18-2/h3-7H,16H2,1-2H3. The van der Waals surface area contributed by atoms with E-state index in [0.717, 1.165) is 5.69 Å². The Bertz CT molecular complexity index is 648. The van der Waals surface area contributed by atoms with Crippen LogP contribution in [0.25, 0.3) is 0 Å². The van der Waals surface area contributed by atoms with Crippen molar-refractivity contribution in [1.82, 2.24) is 4.98 Å². The highest BCUT2D eigenvalue weighted by Crippen LogP contribution is 2.33. The normalized spacial score (nSPS) is 9.74. The van der Waals surface area contributed by atoms with Crippen molar-refractivity contribution in [3.05, 3.63) is 41.6 Å². The minimum atomic E-state index is 0.255. The Morgan fingerprint density at radius 3 is 2.68 bits per heavy atom. The molecule has 1 heterocycles. The maximum Gasteiger partial charge on any atom is 0.237 e. The molecule has 0 saturated carbocycles. The molecule has 0 fully saturated rings. The third-order valence-electron chi connectivity index (χ3n) is 2.51. The van der Waals surface area contributed by atoms with Crippen LogP contribution in [0.4, 0.5) is 5.69 Å². The fourth-order valence-corrected chi connectivity index (χ4v) is 1.57. The number of anilines is 1. The Morgan fingerprint density at radius 2 is 2.00 bits per heavy atom. The van der Waals surface area contributed by atoms with Crippen LogP contribution in [0.1, 0.15) is 11.3 Å². The van der Waals surface area contributed by atoms with E-state index in [4.69, 9.17) is 20.5 Å². The summed E-state index contributed by atoms with van der Waals surface area (Å²) in [7, 11) is 1.52. The number of methoxy groups -OCH3 is 1. The molecule has 0 bridgehead atoms. The predicted molar refractivity (Wildman–Crippen MR) is 71.2 cm³/mol. The Balaban J connectivity index is 2.41. The molecule has 0 saturated heterocycles. The number of nitrogens with two attached hydrogens (primary N) is 1. The largest absolute Gasteiger partial charge is 0.493 e. The molecule has 2 N–H and O–H groups in total. The second-order valence-corrected chi connectivity index (χ2v) is 3.93. The van der Waals surface area contributed by atoms with E-state index in [9.17, 15) is 0 Å². The maximum atomic E-state index is 9.04. The third-order valence-corrected chi connectivity index (χ3v) is 2.51. The van der Waals surface area contributed by atoms with Crippen LogP contribution in [0.3, 0.4) is 0 Å². The first kappa shape index (κ1) is 12.7. The van der Waals surface area contributed by atoms with Gasteiger partial charge < -0.3 is 15.2 Å². The van der Waals surface area contributed by atoms with Gasteiger partial charge in [-0.15, -0.1) is 0 Å². The van der Waals surface area contributed by atoms with Gasteiger partial charge in [0.2, 0.25) is 5.88 Å². The lowest BCUT2D eigenvalue weighted by Gasteiger charge is -2.11. The van der Waals surface area contributed by atoms with Crippen LogP contribution < -0.4 is 15.2 Å². The first-order valence-corrected chi connectivity index (χ1v) is 5.63. The van der Waals surface area contributed by atoms with Crippen molar-refractivity contribution >= 4 is 5.69 Å². The maximum absolute atomic E-state index is 9.04. The van der Waals surface area contributed by atoms with Crippen molar-refractivity contribution in [2.75, 3.05) is 12.8 Å². The average molecular weight is 255 g/mol. The molecular formula is C14H13N3O2. The van der Waals surface area contributed by atoms with Gasteiger partial charge in [0, 0.05) is 17.4 Å². The van der Waals surface area contributed by atoms with Crippen molar-refractivity contribution in [3.8, 4) is 23.4 Å². The first-order valence-electron chi connectivity index (χ1n) is 5.63. The summed E-state index contributed by atoms with van der Waals surface area (Å²) >= 11 is 0. The topological polar surface area (TPSA) is 81.2 Å². The number of nitrogen functional groups attached to an aromatic ring is 1. The minimum Gasteiger partial charge on any atom is -0.493 e. The molecule has 0 radical (unpaired) electrons. The van der Waals surface area contributed by atoms with Crippen LogP contribution in [-0.4, -0.2) is 12.1 Å². The number of nitrogens with zero attached hydrogens (tertiary/aromatic N) is 2. The van der Waals surface area contributed by atoms with Gasteiger partial charge in [-0.3, -0.25) is 0 Å². The number of aromatic nitrogens is 1. The second-order valence-electron chi connectivity index (χ2n) is 3.93. The fourth-order valence-electron chi connectivity index (χ4n) is 1.57. The Labute approximate surface area is 111 Å². The quantitative estimate of drug-likeness (QED) is 0.852. The van der Waals surface area contributed by atoms with Crippen molar-refractivity contribution in [2.24, 2.45) is 0 Å². The first-order chi connectivity index (χ1) is 9.13.